The average molecular weight is 331 g/mol. The summed E-state index contributed by atoms with van der Waals surface area (Å²) >= 11 is 0. The minimum Gasteiger partial charge on any atom is -0.463 e. The molecule has 0 saturated carbocycles. The lowest BCUT2D eigenvalue weighted by atomic mass is 9.97. The molecule has 0 amide bonds. The molecule has 2 aromatic carbocycles. The van der Waals surface area contributed by atoms with Crippen molar-refractivity contribution in [2.75, 3.05) is 0 Å². The highest BCUT2D eigenvalue weighted by Crippen LogP contribution is 2.23. The van der Waals surface area contributed by atoms with Gasteiger partial charge in [0.15, 0.2) is 11.8 Å². The number of aromatic nitrogens is 1. The molecule has 4 rings (SSSR count). The Bertz CT molecular complexity index is 971. The third kappa shape index (κ3) is 3.12. The van der Waals surface area contributed by atoms with Gasteiger partial charge >= 0.3 is 0 Å². The van der Waals surface area contributed by atoms with Crippen LogP contribution in [0.5, 0.6) is 0 Å². The SMILES string of the molecule is O=C(c1c[nH]c2ccccc12)[C@@H]([NH2+]Cc1ccco1)c1ccccc1. The zero-order valence-corrected chi connectivity index (χ0v) is 13.7. The molecule has 2 heterocycles. The second kappa shape index (κ2) is 6.79. The van der Waals surface area contributed by atoms with Gasteiger partial charge in [-0.15, -0.1) is 0 Å². The number of quaternary nitrogens is 1. The van der Waals surface area contributed by atoms with Gasteiger partial charge in [0.05, 0.1) is 6.26 Å². The summed E-state index contributed by atoms with van der Waals surface area (Å²) in [7, 11) is 0. The molecule has 0 bridgehead atoms. The lowest BCUT2D eigenvalue weighted by Crippen LogP contribution is -2.85. The Kier molecular flexibility index (Phi) is 4.19. The summed E-state index contributed by atoms with van der Waals surface area (Å²) in [6, 6.07) is 21.2. The number of nitrogens with two attached hydrogens (primary N) is 1. The maximum atomic E-state index is 13.3. The van der Waals surface area contributed by atoms with Crippen LogP contribution in [0.1, 0.15) is 27.7 Å². The number of para-hydroxylation sites is 1. The highest BCUT2D eigenvalue weighted by molar-refractivity contribution is 6.09. The van der Waals surface area contributed by atoms with Crippen molar-refractivity contribution in [3.8, 4) is 0 Å². The van der Waals surface area contributed by atoms with Gasteiger partial charge in [-0.05, 0) is 18.2 Å². The minimum absolute atomic E-state index is 0.0928. The van der Waals surface area contributed by atoms with Crippen LogP contribution >= 0.6 is 0 Å². The van der Waals surface area contributed by atoms with E-state index in [9.17, 15) is 4.79 Å². The molecule has 2 aromatic heterocycles. The van der Waals surface area contributed by atoms with Gasteiger partial charge in [0.2, 0.25) is 5.78 Å². The summed E-state index contributed by atoms with van der Waals surface area (Å²) in [4.78, 5) is 16.5. The van der Waals surface area contributed by atoms with Crippen molar-refractivity contribution in [2.24, 2.45) is 0 Å². The van der Waals surface area contributed by atoms with Gasteiger partial charge in [-0.25, -0.2) is 0 Å². The van der Waals surface area contributed by atoms with Gasteiger partial charge in [0.25, 0.3) is 0 Å². The van der Waals surface area contributed by atoms with Crippen molar-refractivity contribution in [3.63, 3.8) is 0 Å². The third-order valence-electron chi connectivity index (χ3n) is 4.43. The lowest BCUT2D eigenvalue weighted by molar-refractivity contribution is -0.698. The molecule has 3 N–H and O–H groups in total. The van der Waals surface area contributed by atoms with Crippen LogP contribution in [0.4, 0.5) is 0 Å². The molecule has 124 valence electrons. The van der Waals surface area contributed by atoms with Gasteiger partial charge in [-0.2, -0.15) is 0 Å². The Morgan fingerprint density at radius 1 is 1.00 bits per heavy atom. The van der Waals surface area contributed by atoms with E-state index in [2.05, 4.69) is 4.98 Å². The van der Waals surface area contributed by atoms with E-state index in [0.717, 1.165) is 27.8 Å². The van der Waals surface area contributed by atoms with Gasteiger partial charge in [0.1, 0.15) is 6.54 Å². The Balaban J connectivity index is 1.68. The van der Waals surface area contributed by atoms with Gasteiger partial charge < -0.3 is 14.7 Å². The van der Waals surface area contributed by atoms with Gasteiger partial charge in [-0.1, -0.05) is 48.5 Å². The quantitative estimate of drug-likeness (QED) is 0.532. The predicted octanol–water partition coefficient (Wildman–Crippen LogP) is 3.45. The summed E-state index contributed by atoms with van der Waals surface area (Å²) in [6.45, 7) is 0.612. The van der Waals surface area contributed by atoms with Crippen LogP contribution in [0.2, 0.25) is 0 Å². The Morgan fingerprint density at radius 3 is 2.60 bits per heavy atom. The fraction of sp³-hybridized carbons (Fsp3) is 0.0952. The molecule has 0 saturated heterocycles. The maximum Gasteiger partial charge on any atom is 0.226 e. The van der Waals surface area contributed by atoms with Crippen molar-refractivity contribution in [1.29, 1.82) is 0 Å². The standard InChI is InChI=1S/C21H18N2O2/c24-21(18-14-22-19-11-5-4-10-17(18)19)20(15-7-2-1-3-8-15)23-13-16-9-6-12-25-16/h1-12,14,20,22-23H,13H2/p+1/t20-/m0/s1. The Morgan fingerprint density at radius 2 is 1.80 bits per heavy atom. The van der Waals surface area contributed by atoms with E-state index < -0.39 is 0 Å². The molecule has 0 radical (unpaired) electrons. The fourth-order valence-corrected chi connectivity index (χ4v) is 3.16. The molecule has 0 aliphatic heterocycles. The van der Waals surface area contributed by atoms with Crippen LogP contribution in [0, 0.1) is 0 Å². The highest BCUT2D eigenvalue weighted by atomic mass is 16.3. The number of H-pyrrole nitrogens is 1. The zero-order chi connectivity index (χ0) is 17.1. The van der Waals surface area contributed by atoms with E-state index in [-0.39, 0.29) is 11.8 Å². The van der Waals surface area contributed by atoms with Crippen molar-refractivity contribution in [3.05, 3.63) is 96.1 Å². The van der Waals surface area contributed by atoms with Gasteiger partial charge in [0, 0.05) is 28.2 Å². The first-order chi connectivity index (χ1) is 12.3. The molecule has 0 fully saturated rings. The number of fused-ring (bicyclic) bond motifs is 1. The van der Waals surface area contributed by atoms with E-state index in [4.69, 9.17) is 4.42 Å². The summed E-state index contributed by atoms with van der Waals surface area (Å²) in [5, 5.41) is 2.98. The summed E-state index contributed by atoms with van der Waals surface area (Å²) in [5.41, 5.74) is 2.69. The van der Waals surface area contributed by atoms with Crippen molar-refractivity contribution >= 4 is 16.7 Å². The molecular weight excluding hydrogens is 312 g/mol. The fourth-order valence-electron chi connectivity index (χ4n) is 3.16. The number of ketones is 1. The molecule has 4 nitrogen and oxygen atoms in total. The van der Waals surface area contributed by atoms with Crippen LogP contribution in [0.15, 0.2) is 83.6 Å². The van der Waals surface area contributed by atoms with Crippen molar-refractivity contribution < 1.29 is 14.5 Å². The number of aromatic amines is 1. The Labute approximate surface area is 145 Å². The van der Waals surface area contributed by atoms with Gasteiger partial charge in [-0.3, -0.25) is 4.79 Å². The van der Waals surface area contributed by atoms with Crippen molar-refractivity contribution in [2.45, 2.75) is 12.6 Å². The second-order valence-electron chi connectivity index (χ2n) is 6.02. The van der Waals surface area contributed by atoms with E-state index in [1.807, 2.05) is 78.2 Å². The predicted molar refractivity (Wildman–Crippen MR) is 96.1 cm³/mol. The summed E-state index contributed by atoms with van der Waals surface area (Å²) < 4.78 is 5.41. The highest BCUT2D eigenvalue weighted by Gasteiger charge is 2.27. The average Bonchev–Trinajstić information content (AvgIpc) is 3.32. The first-order valence-corrected chi connectivity index (χ1v) is 8.34. The number of furan rings is 1. The molecule has 4 aromatic rings. The number of benzene rings is 2. The van der Waals surface area contributed by atoms with Crippen LogP contribution in [0.25, 0.3) is 10.9 Å². The summed E-state index contributed by atoms with van der Waals surface area (Å²) in [5.74, 6) is 0.947. The Hall–Kier alpha value is -3.11. The number of hydrogen-bond acceptors (Lipinski definition) is 2. The van der Waals surface area contributed by atoms with E-state index >= 15 is 0 Å². The van der Waals surface area contributed by atoms with E-state index in [1.165, 1.54) is 0 Å². The molecular formula is C21H19N2O2+. The molecule has 0 spiro atoms. The van der Waals surface area contributed by atoms with Crippen LogP contribution in [0.3, 0.4) is 0 Å². The molecule has 0 aliphatic carbocycles. The largest absolute Gasteiger partial charge is 0.463 e. The van der Waals surface area contributed by atoms with Crippen LogP contribution in [-0.4, -0.2) is 10.8 Å². The first kappa shape index (κ1) is 15.4. The number of carbonyl (C=O) groups is 1. The first-order valence-electron chi connectivity index (χ1n) is 8.34. The van der Waals surface area contributed by atoms with E-state index in [1.54, 1.807) is 6.26 Å². The minimum atomic E-state index is -0.314. The zero-order valence-electron chi connectivity index (χ0n) is 13.7. The number of carbonyl (C=O) groups excluding carboxylic acids is 1. The number of rotatable bonds is 6. The number of nitrogens with one attached hydrogen (secondary N) is 1. The smallest absolute Gasteiger partial charge is 0.226 e. The number of Topliss-reactive ketones (excluding diaryl/α,β-unsaturated/α-hetero) is 1. The maximum absolute atomic E-state index is 13.3. The lowest BCUT2D eigenvalue weighted by Gasteiger charge is -2.14. The molecule has 25 heavy (non-hydrogen) atoms. The second-order valence-corrected chi connectivity index (χ2v) is 6.02. The van der Waals surface area contributed by atoms with Crippen LogP contribution < -0.4 is 5.32 Å². The van der Waals surface area contributed by atoms with Crippen LogP contribution in [-0.2, 0) is 6.54 Å². The van der Waals surface area contributed by atoms with Crippen molar-refractivity contribution in [1.82, 2.24) is 4.98 Å². The topological polar surface area (TPSA) is 62.6 Å². The normalized spacial score (nSPS) is 12.3. The molecule has 1 atom stereocenters. The third-order valence-corrected chi connectivity index (χ3v) is 4.43. The molecule has 0 unspecified atom stereocenters. The summed E-state index contributed by atoms with van der Waals surface area (Å²) in [6.07, 6.45) is 3.46. The molecule has 4 heteroatoms. The van der Waals surface area contributed by atoms with E-state index in [0.29, 0.717) is 6.54 Å². The molecule has 0 aliphatic rings. The monoisotopic (exact) mass is 331 g/mol. The number of hydrogen-bond donors (Lipinski definition) is 2.